The summed E-state index contributed by atoms with van der Waals surface area (Å²) in [6.07, 6.45) is 1.76. The van der Waals surface area contributed by atoms with Crippen LogP contribution in [0.5, 0.6) is 0 Å². The number of carbonyl (C=O) groups excluding carboxylic acids is 1. The molecule has 1 N–H and O–H groups in total. The fourth-order valence-electron chi connectivity index (χ4n) is 2.64. The number of amides is 1. The lowest BCUT2D eigenvalue weighted by Crippen LogP contribution is -2.20. The molecule has 0 bridgehead atoms. The molecule has 124 valence electrons. The van der Waals surface area contributed by atoms with Crippen molar-refractivity contribution < 1.29 is 4.79 Å². The molecule has 3 aromatic carbocycles. The van der Waals surface area contributed by atoms with Gasteiger partial charge in [0.2, 0.25) is 5.91 Å². The number of nitrogens with one attached hydrogen (secondary N) is 1. The Kier molecular flexibility index (Phi) is 5.27. The van der Waals surface area contributed by atoms with E-state index in [1.54, 1.807) is 6.20 Å². The topological polar surface area (TPSA) is 32.3 Å². The average molecular weight is 328 g/mol. The van der Waals surface area contributed by atoms with Crippen molar-refractivity contribution in [1.82, 2.24) is 5.32 Å². The molecule has 0 aliphatic heterocycles. The third-order valence-corrected chi connectivity index (χ3v) is 3.75. The maximum atomic E-state index is 11.5. The van der Waals surface area contributed by atoms with Gasteiger partial charge in [0.15, 0.2) is 0 Å². The van der Waals surface area contributed by atoms with Crippen LogP contribution in [0.15, 0.2) is 97.2 Å². The van der Waals surface area contributed by atoms with E-state index in [0.29, 0.717) is 0 Å². The molecule has 3 heteroatoms. The van der Waals surface area contributed by atoms with Gasteiger partial charge in [-0.2, -0.15) is 0 Å². The van der Waals surface area contributed by atoms with Gasteiger partial charge in [-0.3, -0.25) is 4.79 Å². The Morgan fingerprint density at radius 1 is 0.760 bits per heavy atom. The fourth-order valence-corrected chi connectivity index (χ4v) is 2.64. The van der Waals surface area contributed by atoms with E-state index in [9.17, 15) is 4.79 Å². The van der Waals surface area contributed by atoms with Crippen molar-refractivity contribution in [3.63, 3.8) is 0 Å². The molecule has 0 aromatic heterocycles. The van der Waals surface area contributed by atoms with Crippen molar-refractivity contribution in [3.05, 3.63) is 103 Å². The van der Waals surface area contributed by atoms with Crippen molar-refractivity contribution >= 4 is 23.0 Å². The quantitative estimate of drug-likeness (QED) is 0.718. The monoisotopic (exact) mass is 328 g/mol. The van der Waals surface area contributed by atoms with E-state index < -0.39 is 0 Å². The lowest BCUT2D eigenvalue weighted by atomic mass is 10.1. The minimum absolute atomic E-state index is 0.102. The molecule has 3 rings (SSSR count). The van der Waals surface area contributed by atoms with Crippen LogP contribution in [0.4, 0.5) is 11.4 Å². The summed E-state index contributed by atoms with van der Waals surface area (Å²) in [6.45, 7) is 1.51. The molecule has 0 saturated heterocycles. The Balaban J connectivity index is 2.16. The molecule has 0 heterocycles. The minimum Gasteiger partial charge on any atom is -0.331 e. The maximum Gasteiger partial charge on any atom is 0.220 e. The Morgan fingerprint density at radius 3 is 1.64 bits per heavy atom. The van der Waals surface area contributed by atoms with Crippen LogP contribution >= 0.6 is 0 Å². The third kappa shape index (κ3) is 4.15. The first-order valence-corrected chi connectivity index (χ1v) is 8.18. The zero-order valence-corrected chi connectivity index (χ0v) is 14.1. The summed E-state index contributed by atoms with van der Waals surface area (Å²) in [5.74, 6) is -0.102. The highest BCUT2D eigenvalue weighted by atomic mass is 16.1. The van der Waals surface area contributed by atoms with Crippen LogP contribution < -0.4 is 10.2 Å². The van der Waals surface area contributed by atoms with Crippen LogP contribution in [-0.2, 0) is 4.79 Å². The Labute approximate surface area is 148 Å². The summed E-state index contributed by atoms with van der Waals surface area (Å²) in [5, 5.41) is 2.82. The van der Waals surface area contributed by atoms with Gasteiger partial charge in [-0.1, -0.05) is 66.7 Å². The number of anilines is 2. The van der Waals surface area contributed by atoms with Crippen LogP contribution in [0.1, 0.15) is 12.5 Å². The van der Waals surface area contributed by atoms with Gasteiger partial charge in [-0.15, -0.1) is 0 Å². The van der Waals surface area contributed by atoms with Crippen LogP contribution in [0.3, 0.4) is 0 Å². The standard InChI is InChI=1S/C22H20N2O/c1-18(25)23-17-22(19-11-5-2-6-12-19)24(20-13-7-3-8-14-20)21-15-9-4-10-16-21/h2-17H,1H3,(H,23,25). The van der Waals surface area contributed by atoms with Gasteiger partial charge in [0.1, 0.15) is 0 Å². The molecule has 25 heavy (non-hydrogen) atoms. The van der Waals surface area contributed by atoms with Crippen molar-refractivity contribution in [3.8, 4) is 0 Å². The highest BCUT2D eigenvalue weighted by Crippen LogP contribution is 2.33. The van der Waals surface area contributed by atoms with E-state index in [1.807, 2.05) is 66.7 Å². The number of hydrogen-bond donors (Lipinski definition) is 1. The van der Waals surface area contributed by atoms with Gasteiger partial charge < -0.3 is 10.2 Å². The summed E-state index contributed by atoms with van der Waals surface area (Å²) in [6, 6.07) is 30.3. The molecule has 0 spiro atoms. The zero-order chi connectivity index (χ0) is 17.5. The van der Waals surface area contributed by atoms with Crippen molar-refractivity contribution in [1.29, 1.82) is 0 Å². The van der Waals surface area contributed by atoms with Gasteiger partial charge in [-0.25, -0.2) is 0 Å². The normalized spacial score (nSPS) is 11.0. The Morgan fingerprint density at radius 2 is 1.20 bits per heavy atom. The molecule has 0 fully saturated rings. The molecule has 0 saturated carbocycles. The second-order valence-electron chi connectivity index (χ2n) is 5.60. The Hall–Kier alpha value is -3.33. The van der Waals surface area contributed by atoms with Gasteiger partial charge in [0.25, 0.3) is 0 Å². The van der Waals surface area contributed by atoms with E-state index in [0.717, 1.165) is 22.6 Å². The first-order chi connectivity index (χ1) is 12.3. The molecular weight excluding hydrogens is 308 g/mol. The summed E-state index contributed by atoms with van der Waals surface area (Å²) in [5.41, 5.74) is 3.96. The summed E-state index contributed by atoms with van der Waals surface area (Å²) in [4.78, 5) is 13.6. The van der Waals surface area contributed by atoms with Crippen molar-refractivity contribution in [2.45, 2.75) is 6.92 Å². The Bertz CT molecular complexity index is 803. The predicted molar refractivity (Wildman–Crippen MR) is 103 cm³/mol. The van der Waals surface area contributed by atoms with Crippen LogP contribution in [0.25, 0.3) is 5.70 Å². The van der Waals surface area contributed by atoms with E-state index in [1.165, 1.54) is 6.92 Å². The number of carbonyl (C=O) groups is 1. The predicted octanol–water partition coefficient (Wildman–Crippen LogP) is 4.96. The van der Waals surface area contributed by atoms with Gasteiger partial charge >= 0.3 is 0 Å². The molecule has 0 atom stereocenters. The molecular formula is C22H20N2O. The number of nitrogens with zero attached hydrogens (tertiary/aromatic N) is 1. The van der Waals surface area contributed by atoms with E-state index >= 15 is 0 Å². The first kappa shape index (κ1) is 16.5. The highest BCUT2D eigenvalue weighted by molar-refractivity contribution is 5.89. The lowest BCUT2D eigenvalue weighted by molar-refractivity contribution is -0.118. The summed E-state index contributed by atoms with van der Waals surface area (Å²) >= 11 is 0. The molecule has 0 aliphatic carbocycles. The molecule has 3 aromatic rings. The lowest BCUT2D eigenvalue weighted by Gasteiger charge is -2.28. The van der Waals surface area contributed by atoms with E-state index in [4.69, 9.17) is 0 Å². The van der Waals surface area contributed by atoms with Gasteiger partial charge in [0.05, 0.1) is 5.70 Å². The summed E-state index contributed by atoms with van der Waals surface area (Å²) < 4.78 is 0. The molecule has 3 nitrogen and oxygen atoms in total. The number of para-hydroxylation sites is 2. The minimum atomic E-state index is -0.102. The second kappa shape index (κ2) is 7.97. The molecule has 0 radical (unpaired) electrons. The number of benzene rings is 3. The largest absolute Gasteiger partial charge is 0.331 e. The molecule has 0 aliphatic rings. The number of hydrogen-bond acceptors (Lipinski definition) is 2. The first-order valence-electron chi connectivity index (χ1n) is 8.18. The summed E-state index contributed by atoms with van der Waals surface area (Å²) in [7, 11) is 0. The fraction of sp³-hybridized carbons (Fsp3) is 0.0455. The van der Waals surface area contributed by atoms with E-state index in [-0.39, 0.29) is 5.91 Å². The average Bonchev–Trinajstić information content (AvgIpc) is 2.67. The van der Waals surface area contributed by atoms with Crippen molar-refractivity contribution in [2.75, 3.05) is 4.90 Å². The SMILES string of the molecule is CC(=O)NC=C(c1ccccc1)N(c1ccccc1)c1ccccc1. The number of rotatable bonds is 5. The second-order valence-corrected chi connectivity index (χ2v) is 5.60. The third-order valence-electron chi connectivity index (χ3n) is 3.75. The van der Waals surface area contributed by atoms with Gasteiger partial charge in [0, 0.05) is 24.5 Å². The molecule has 1 amide bonds. The maximum absolute atomic E-state index is 11.5. The zero-order valence-electron chi connectivity index (χ0n) is 14.1. The molecule has 0 unspecified atom stereocenters. The van der Waals surface area contributed by atoms with Crippen LogP contribution in [-0.4, -0.2) is 5.91 Å². The van der Waals surface area contributed by atoms with Crippen molar-refractivity contribution in [2.24, 2.45) is 0 Å². The van der Waals surface area contributed by atoms with Crippen LogP contribution in [0, 0.1) is 0 Å². The smallest absolute Gasteiger partial charge is 0.220 e. The highest BCUT2D eigenvalue weighted by Gasteiger charge is 2.16. The van der Waals surface area contributed by atoms with Crippen LogP contribution in [0.2, 0.25) is 0 Å². The van der Waals surface area contributed by atoms with Gasteiger partial charge in [-0.05, 0) is 29.8 Å². The van der Waals surface area contributed by atoms with E-state index in [2.05, 4.69) is 34.5 Å².